The van der Waals surface area contributed by atoms with Gasteiger partial charge in [0.25, 0.3) is 0 Å². The van der Waals surface area contributed by atoms with Crippen LogP contribution in [0, 0.1) is 34.6 Å². The van der Waals surface area contributed by atoms with Gasteiger partial charge in [-0.25, -0.2) is 4.79 Å². The molecule has 3 aromatic rings. The predicted molar refractivity (Wildman–Crippen MR) is 132 cm³/mol. The summed E-state index contributed by atoms with van der Waals surface area (Å²) in [5.74, 6) is 0. The number of rotatable bonds is 0. The number of nitrogens with zero attached hydrogens (tertiary/aromatic N) is 1. The molecule has 1 fully saturated rings. The fourth-order valence-electron chi connectivity index (χ4n) is 2.44. The average molecular weight is 440 g/mol. The molecule has 0 atom stereocenters. The zero-order valence-corrected chi connectivity index (χ0v) is 20.2. The molecule has 0 aliphatic carbocycles. The maximum absolute atomic E-state index is 10.3. The first-order valence-electron chi connectivity index (χ1n) is 10.3. The molecular weight excluding hydrogens is 406 g/mol. The molecule has 0 N–H and O–H groups in total. The number of carbonyl (C=O) groups excluding carboxylic acids is 1. The monoisotopic (exact) mass is 439 g/mol. The lowest BCUT2D eigenvalue weighted by Crippen LogP contribution is -2.17. The maximum Gasteiger partial charge on any atom is 0.409 e. The molecule has 1 saturated heterocycles. The van der Waals surface area contributed by atoms with Crippen LogP contribution in [0.3, 0.4) is 0 Å². The summed E-state index contributed by atoms with van der Waals surface area (Å²) in [6, 6.07) is 24.7. The highest BCUT2D eigenvalue weighted by Gasteiger charge is 2.15. The zero-order chi connectivity index (χ0) is 23.2. The van der Waals surface area contributed by atoms with Gasteiger partial charge >= 0.3 is 6.09 Å². The molecule has 0 radical (unpaired) electrons. The van der Waals surface area contributed by atoms with Crippen molar-refractivity contribution < 1.29 is 9.53 Å². The molecule has 0 unspecified atom stereocenters. The van der Waals surface area contributed by atoms with Crippen molar-refractivity contribution in [3.8, 4) is 0 Å². The van der Waals surface area contributed by atoms with Gasteiger partial charge in [-0.05, 0) is 46.2 Å². The van der Waals surface area contributed by atoms with Crippen LogP contribution in [0.25, 0.3) is 0 Å². The minimum atomic E-state index is -0.208. The molecule has 4 heteroatoms. The first-order valence-corrected chi connectivity index (χ1v) is 10.7. The van der Waals surface area contributed by atoms with Crippen LogP contribution in [0.5, 0.6) is 0 Å². The van der Waals surface area contributed by atoms with Gasteiger partial charge in [-0.3, -0.25) is 0 Å². The van der Waals surface area contributed by atoms with Crippen LogP contribution in [-0.2, 0) is 4.74 Å². The third-order valence-electron chi connectivity index (χ3n) is 4.44. The van der Waals surface area contributed by atoms with Gasteiger partial charge in [0, 0.05) is 12.1 Å². The number of ether oxygens (including phenoxy) is 1. The molecule has 0 saturated carbocycles. The second kappa shape index (κ2) is 14.3. The smallest absolute Gasteiger partial charge is 0.409 e. The molecule has 1 aliphatic rings. The first kappa shape index (κ1) is 26.3. The van der Waals surface area contributed by atoms with Crippen molar-refractivity contribution in [1.29, 1.82) is 0 Å². The molecule has 0 spiro atoms. The number of hydrogen-bond donors (Lipinski definition) is 0. The van der Waals surface area contributed by atoms with Crippen LogP contribution in [0.15, 0.2) is 72.8 Å². The minimum Gasteiger partial charge on any atom is -0.448 e. The summed E-state index contributed by atoms with van der Waals surface area (Å²) >= 11 is 5.78. The van der Waals surface area contributed by atoms with Gasteiger partial charge in [0.2, 0.25) is 0 Å². The quantitative estimate of drug-likeness (QED) is 0.367. The maximum atomic E-state index is 10.3. The van der Waals surface area contributed by atoms with Crippen LogP contribution < -0.4 is 0 Å². The molecule has 0 aromatic heterocycles. The summed E-state index contributed by atoms with van der Waals surface area (Å²) in [6.07, 6.45) is -0.208. The van der Waals surface area contributed by atoms with Gasteiger partial charge in [-0.2, -0.15) is 0 Å². The van der Waals surface area contributed by atoms with E-state index < -0.39 is 0 Å². The standard InChI is InChI=1S/C8H9Cl.C8H10.C7H8.C4H7NO2/c1-6-3-4-8(9)7(2)5-6;1-7-3-5-8(2)6-4-7;1-7-5-3-2-4-6-7;1-5-2-3-7-4(5)6/h3-5H,1-2H3;3-6H,1-2H3;2-6H,1H3;2-3H2,1H3. The predicted octanol–water partition coefficient (Wildman–Crippen LogP) is 7.32. The Hall–Kier alpha value is -2.78. The number of cyclic esters (lactones) is 1. The minimum absolute atomic E-state index is 0.208. The highest BCUT2D eigenvalue weighted by atomic mass is 35.5. The van der Waals surface area contributed by atoms with E-state index >= 15 is 0 Å². The van der Waals surface area contributed by atoms with Gasteiger partial charge in [-0.15, -0.1) is 0 Å². The Balaban J connectivity index is 0.000000208. The Labute approximate surface area is 192 Å². The van der Waals surface area contributed by atoms with Crippen molar-refractivity contribution >= 4 is 17.7 Å². The van der Waals surface area contributed by atoms with Gasteiger partial charge in [0.15, 0.2) is 0 Å². The topological polar surface area (TPSA) is 29.5 Å². The van der Waals surface area contributed by atoms with Crippen molar-refractivity contribution in [2.75, 3.05) is 20.2 Å². The Morgan fingerprint density at radius 3 is 1.52 bits per heavy atom. The molecule has 1 amide bonds. The van der Waals surface area contributed by atoms with Crippen LogP contribution in [0.1, 0.15) is 27.8 Å². The Morgan fingerprint density at radius 1 is 0.742 bits per heavy atom. The van der Waals surface area contributed by atoms with Gasteiger partial charge in [0.05, 0.1) is 6.54 Å². The first-order chi connectivity index (χ1) is 14.7. The van der Waals surface area contributed by atoms with Crippen molar-refractivity contribution in [3.05, 3.63) is 106 Å². The van der Waals surface area contributed by atoms with E-state index in [1.165, 1.54) is 22.3 Å². The lowest BCUT2D eigenvalue weighted by Gasteiger charge is -1.98. The second-order valence-corrected chi connectivity index (χ2v) is 8.01. The summed E-state index contributed by atoms with van der Waals surface area (Å²) in [4.78, 5) is 11.8. The van der Waals surface area contributed by atoms with E-state index in [9.17, 15) is 4.79 Å². The largest absolute Gasteiger partial charge is 0.448 e. The van der Waals surface area contributed by atoms with Crippen molar-refractivity contribution in [2.45, 2.75) is 34.6 Å². The summed E-state index contributed by atoms with van der Waals surface area (Å²) in [6.45, 7) is 11.6. The second-order valence-electron chi connectivity index (χ2n) is 7.60. The molecule has 0 bridgehead atoms. The third kappa shape index (κ3) is 11.9. The van der Waals surface area contributed by atoms with E-state index in [4.69, 9.17) is 11.6 Å². The van der Waals surface area contributed by atoms with Gasteiger partial charge in [0.1, 0.15) is 6.61 Å². The summed E-state index contributed by atoms with van der Waals surface area (Å²) in [5, 5.41) is 0.848. The summed E-state index contributed by atoms with van der Waals surface area (Å²) in [5.41, 5.74) is 6.39. The number of benzene rings is 3. The molecule has 4 rings (SSSR count). The lowest BCUT2D eigenvalue weighted by molar-refractivity contribution is 0.163. The molecule has 1 aliphatic heterocycles. The number of likely N-dealkylation sites (N-methyl/N-ethyl adjacent to an activating group) is 1. The SMILES string of the molecule is CN1CCOC1=O.Cc1ccc(C)cc1.Cc1ccc(Cl)c(C)c1.Cc1ccccc1. The van der Waals surface area contributed by atoms with E-state index in [0.29, 0.717) is 6.61 Å². The Morgan fingerprint density at radius 2 is 1.23 bits per heavy atom. The van der Waals surface area contributed by atoms with E-state index in [2.05, 4.69) is 74.9 Å². The summed E-state index contributed by atoms with van der Waals surface area (Å²) in [7, 11) is 1.72. The highest BCUT2D eigenvalue weighted by molar-refractivity contribution is 6.31. The molecular formula is C27H34ClNO2. The van der Waals surface area contributed by atoms with E-state index in [1.54, 1.807) is 11.9 Å². The van der Waals surface area contributed by atoms with Gasteiger partial charge in [-0.1, -0.05) is 101 Å². The average Bonchev–Trinajstić information content (AvgIpc) is 3.12. The number of carbonyl (C=O) groups is 1. The van der Waals surface area contributed by atoms with E-state index in [1.807, 2.05) is 37.3 Å². The molecule has 31 heavy (non-hydrogen) atoms. The molecule has 3 aromatic carbocycles. The van der Waals surface area contributed by atoms with E-state index in [0.717, 1.165) is 17.1 Å². The van der Waals surface area contributed by atoms with Crippen LogP contribution in [-0.4, -0.2) is 31.2 Å². The number of hydrogen-bond acceptors (Lipinski definition) is 2. The van der Waals surface area contributed by atoms with Crippen molar-refractivity contribution in [2.24, 2.45) is 0 Å². The van der Waals surface area contributed by atoms with Crippen LogP contribution >= 0.6 is 11.6 Å². The van der Waals surface area contributed by atoms with Crippen molar-refractivity contribution in [1.82, 2.24) is 4.90 Å². The molecule has 1 heterocycles. The zero-order valence-electron chi connectivity index (χ0n) is 19.5. The van der Waals surface area contributed by atoms with Crippen molar-refractivity contribution in [3.63, 3.8) is 0 Å². The third-order valence-corrected chi connectivity index (χ3v) is 4.86. The Bertz CT molecular complexity index is 887. The molecule has 166 valence electrons. The number of amides is 1. The highest BCUT2D eigenvalue weighted by Crippen LogP contribution is 2.15. The number of aryl methyl sites for hydroxylation is 5. The Kier molecular flexibility index (Phi) is 12.1. The van der Waals surface area contributed by atoms with Crippen LogP contribution in [0.4, 0.5) is 4.79 Å². The van der Waals surface area contributed by atoms with Gasteiger partial charge < -0.3 is 9.64 Å². The van der Waals surface area contributed by atoms with Crippen LogP contribution in [0.2, 0.25) is 5.02 Å². The molecule has 3 nitrogen and oxygen atoms in total. The summed E-state index contributed by atoms with van der Waals surface area (Å²) < 4.78 is 4.55. The normalized spacial score (nSPS) is 11.7. The fraction of sp³-hybridized carbons (Fsp3) is 0.296. The van der Waals surface area contributed by atoms with E-state index in [-0.39, 0.29) is 6.09 Å². The lowest BCUT2D eigenvalue weighted by atomic mass is 10.2. The fourth-order valence-corrected chi connectivity index (χ4v) is 2.55. The number of halogens is 1.